The molecule has 2 rings (SSSR count). The molecule has 0 bridgehead atoms. The third-order valence-corrected chi connectivity index (χ3v) is 4.58. The Hall–Kier alpha value is -1.61. The minimum Gasteiger partial charge on any atom is -0.548 e. The highest BCUT2D eigenvalue weighted by Gasteiger charge is 2.20. The highest BCUT2D eigenvalue weighted by Crippen LogP contribution is 2.28. The van der Waals surface area contributed by atoms with E-state index in [1.165, 1.54) is 26.4 Å². The van der Waals surface area contributed by atoms with Crippen molar-refractivity contribution in [1.82, 2.24) is 14.1 Å². The van der Waals surface area contributed by atoms with Crippen molar-refractivity contribution in [2.24, 2.45) is 10.9 Å². The van der Waals surface area contributed by atoms with Gasteiger partial charge in [-0.15, -0.1) is 4.37 Å². The van der Waals surface area contributed by atoms with Gasteiger partial charge in [-0.3, -0.25) is 4.99 Å². The predicted molar refractivity (Wildman–Crippen MR) is 80.4 cm³/mol. The lowest BCUT2D eigenvalue weighted by Gasteiger charge is -2.24. The van der Waals surface area contributed by atoms with Gasteiger partial charge in [-0.25, -0.2) is 4.79 Å². The highest BCUT2D eigenvalue weighted by molar-refractivity contribution is 7.13. The molecule has 1 aromatic rings. The Morgan fingerprint density at radius 1 is 1.59 bits per heavy atom. The molecule has 2 atom stereocenters. The number of rotatable bonds is 6. The number of H-pyrrole nitrogens is 1. The van der Waals surface area contributed by atoms with Gasteiger partial charge in [0, 0.05) is 10.9 Å². The van der Waals surface area contributed by atoms with Crippen molar-refractivity contribution in [3.8, 4) is 5.88 Å². The van der Waals surface area contributed by atoms with Crippen molar-refractivity contribution in [2.75, 3.05) is 13.7 Å². The van der Waals surface area contributed by atoms with Crippen LogP contribution in [0.15, 0.2) is 4.99 Å². The first kappa shape index (κ1) is 16.8. The van der Waals surface area contributed by atoms with Gasteiger partial charge in [0.1, 0.15) is 0 Å². The molecule has 1 saturated carbocycles. The van der Waals surface area contributed by atoms with Crippen molar-refractivity contribution in [2.45, 2.75) is 44.6 Å². The maximum absolute atomic E-state index is 11.4. The van der Waals surface area contributed by atoms with Crippen LogP contribution in [0.2, 0.25) is 0 Å². The van der Waals surface area contributed by atoms with Gasteiger partial charge in [-0.05, 0) is 12.3 Å². The van der Waals surface area contributed by atoms with Crippen LogP contribution in [0, 0.1) is 5.92 Å². The van der Waals surface area contributed by atoms with Crippen molar-refractivity contribution in [3.63, 3.8) is 0 Å². The Kier molecular flexibility index (Phi) is 6.20. The average molecular weight is 330 g/mol. The molecule has 0 spiro atoms. The third kappa shape index (κ3) is 4.99. The molecule has 0 aliphatic heterocycles. The minimum atomic E-state index is -1.57. The van der Waals surface area contributed by atoms with E-state index in [4.69, 9.17) is 9.84 Å². The molecule has 1 fully saturated rings. The Balaban J connectivity index is 2.13. The van der Waals surface area contributed by atoms with Crippen LogP contribution in [-0.2, 0) is 0 Å². The van der Waals surface area contributed by atoms with E-state index in [9.17, 15) is 9.35 Å². The molecule has 9 heteroatoms. The number of carboxylic acid groups (broad SMARTS) is 1. The number of nitrogens with one attached hydrogen (secondary N) is 2. The lowest BCUT2D eigenvalue weighted by molar-refractivity contribution is 0.192. The van der Waals surface area contributed by atoms with E-state index < -0.39 is 17.2 Å². The molecule has 22 heavy (non-hydrogen) atoms. The average Bonchev–Trinajstić information content (AvgIpc) is 2.85. The molecule has 124 valence electrons. The lowest BCUT2D eigenvalue weighted by atomic mass is 9.85. The van der Waals surface area contributed by atoms with E-state index >= 15 is 0 Å². The summed E-state index contributed by atoms with van der Waals surface area (Å²) < 4.78 is 22.8. The van der Waals surface area contributed by atoms with Crippen LogP contribution in [0.5, 0.6) is 5.88 Å². The number of hydrogen-bond donors (Lipinski definition) is 3. The number of hydrogen-bond acceptors (Lipinski definition) is 5. The second kappa shape index (κ2) is 8.14. The maximum Gasteiger partial charge on any atom is 0.404 e. The van der Waals surface area contributed by atoms with Crippen molar-refractivity contribution < 1.29 is 19.2 Å². The minimum absolute atomic E-state index is 0.197. The van der Waals surface area contributed by atoms with E-state index in [2.05, 4.69) is 19.1 Å². The van der Waals surface area contributed by atoms with Gasteiger partial charge in [-0.1, -0.05) is 32.1 Å². The quantitative estimate of drug-likeness (QED) is 0.684. The summed E-state index contributed by atoms with van der Waals surface area (Å²) in [7, 11) is 1.43. The number of amides is 1. The zero-order chi connectivity index (χ0) is 15.9. The second-order valence-electron chi connectivity index (χ2n) is 5.51. The van der Waals surface area contributed by atoms with Gasteiger partial charge in [0.05, 0.1) is 13.2 Å². The number of nitrogens with zero attached hydrogens (tertiary/aromatic N) is 2. The van der Waals surface area contributed by atoms with Gasteiger partial charge in [-0.2, -0.15) is 0 Å². The smallest absolute Gasteiger partial charge is 0.404 e. The third-order valence-electron chi connectivity index (χ3n) is 3.88. The fraction of sp³-hybridized carbons (Fsp3) is 0.769. The van der Waals surface area contributed by atoms with Crippen LogP contribution in [0.25, 0.3) is 0 Å². The zero-order valence-electron chi connectivity index (χ0n) is 12.6. The number of ether oxygens (including phenoxy) is 1. The highest BCUT2D eigenvalue weighted by atomic mass is 32.2. The Morgan fingerprint density at radius 2 is 2.32 bits per heavy atom. The van der Waals surface area contributed by atoms with Crippen molar-refractivity contribution >= 4 is 17.2 Å². The summed E-state index contributed by atoms with van der Waals surface area (Å²) in [5.74, 6) is 0.746. The molecular formula is C13H22N4O4S. The van der Waals surface area contributed by atoms with Crippen LogP contribution in [0.3, 0.4) is 0 Å². The Labute approximate surface area is 131 Å². The summed E-state index contributed by atoms with van der Waals surface area (Å²) >= 11 is -1.57. The predicted octanol–water partition coefficient (Wildman–Crippen LogP) is 1.65. The van der Waals surface area contributed by atoms with E-state index in [0.717, 1.165) is 19.3 Å². The summed E-state index contributed by atoms with van der Waals surface area (Å²) in [6, 6.07) is -0.225. The van der Waals surface area contributed by atoms with E-state index in [-0.39, 0.29) is 18.5 Å². The summed E-state index contributed by atoms with van der Waals surface area (Å²) in [4.78, 5) is 15.2. The molecule has 1 heterocycles. The fourth-order valence-electron chi connectivity index (χ4n) is 2.86. The first-order valence-corrected chi connectivity index (χ1v) is 8.55. The summed E-state index contributed by atoms with van der Waals surface area (Å²) in [6.07, 6.45) is 5.73. The Bertz CT molecular complexity index is 550. The molecule has 1 amide bonds. The fourth-order valence-corrected chi connectivity index (χ4v) is 3.52. The van der Waals surface area contributed by atoms with Crippen LogP contribution >= 0.6 is 11.1 Å². The Morgan fingerprint density at radius 3 is 2.95 bits per heavy atom. The molecule has 1 aliphatic carbocycles. The van der Waals surface area contributed by atoms with Crippen molar-refractivity contribution in [3.05, 3.63) is 5.49 Å². The molecule has 0 saturated heterocycles. The number of aromatic amines is 1. The largest absolute Gasteiger partial charge is 0.548 e. The number of carbonyl (C=O) groups is 1. The molecule has 1 unspecified atom stereocenters. The normalized spacial score (nSPS) is 19.0. The van der Waals surface area contributed by atoms with Crippen LogP contribution in [0.1, 0.15) is 38.5 Å². The number of aromatic nitrogens is 2. The van der Waals surface area contributed by atoms with Crippen LogP contribution < -0.4 is 15.5 Å². The zero-order valence-corrected chi connectivity index (χ0v) is 13.4. The summed E-state index contributed by atoms with van der Waals surface area (Å²) in [6.45, 7) is 0.223. The SMILES string of the molecule is COc1n[s+]([O-])[nH]c1=N[C@@H](CNC(=O)O)CC1CCCCC1. The van der Waals surface area contributed by atoms with Gasteiger partial charge < -0.3 is 19.7 Å². The van der Waals surface area contributed by atoms with Crippen LogP contribution in [-0.4, -0.2) is 44.2 Å². The van der Waals surface area contributed by atoms with Crippen molar-refractivity contribution in [1.29, 1.82) is 0 Å². The molecule has 0 radical (unpaired) electrons. The van der Waals surface area contributed by atoms with Gasteiger partial charge in [0.15, 0.2) is 11.1 Å². The van der Waals surface area contributed by atoms with Gasteiger partial charge in [0.25, 0.3) is 0 Å². The van der Waals surface area contributed by atoms with E-state index in [0.29, 0.717) is 11.4 Å². The lowest BCUT2D eigenvalue weighted by Crippen LogP contribution is -2.33. The molecule has 0 aromatic carbocycles. The summed E-state index contributed by atoms with van der Waals surface area (Å²) in [5.41, 5.74) is 0.328. The maximum atomic E-state index is 11.4. The molecule has 1 aromatic heterocycles. The standard InChI is InChI=1S/C13H22N4O4S/c1-21-12-11(16-22(20)17-12)15-10(8-14-13(18)19)7-9-5-3-2-4-6-9/h9-10,14H,2-8H2,1H3,(H,15,16)(H,18,19)/t10-,22?/m1/s1. The number of methoxy groups -OCH3 is 1. The van der Waals surface area contributed by atoms with E-state index in [1.54, 1.807) is 0 Å². The molecule has 1 aliphatic rings. The monoisotopic (exact) mass is 330 g/mol. The second-order valence-corrected chi connectivity index (χ2v) is 6.39. The van der Waals surface area contributed by atoms with E-state index in [1.807, 2.05) is 0 Å². The topological polar surface area (TPSA) is 123 Å². The molecule has 8 nitrogen and oxygen atoms in total. The first-order chi connectivity index (χ1) is 10.6. The van der Waals surface area contributed by atoms with Gasteiger partial charge in [0.2, 0.25) is 5.49 Å². The van der Waals surface area contributed by atoms with Crippen LogP contribution in [0.4, 0.5) is 4.79 Å². The molecular weight excluding hydrogens is 308 g/mol. The summed E-state index contributed by atoms with van der Waals surface area (Å²) in [5, 5.41) is 11.2. The first-order valence-electron chi connectivity index (χ1n) is 7.44. The molecule has 3 N–H and O–H groups in total. The van der Waals surface area contributed by atoms with Gasteiger partial charge >= 0.3 is 12.0 Å².